The summed E-state index contributed by atoms with van der Waals surface area (Å²) in [6, 6.07) is 3.09. The van der Waals surface area contributed by atoms with Gasteiger partial charge in [-0.25, -0.2) is 4.79 Å². The van der Waals surface area contributed by atoms with E-state index in [4.69, 9.17) is 0 Å². The number of benzene rings is 1. The van der Waals surface area contributed by atoms with Crippen LogP contribution in [0.5, 0.6) is 0 Å². The summed E-state index contributed by atoms with van der Waals surface area (Å²) in [7, 11) is 0. The predicted molar refractivity (Wildman–Crippen MR) is 95.5 cm³/mol. The Morgan fingerprint density at radius 3 is 2.24 bits per heavy atom. The lowest BCUT2D eigenvalue weighted by Crippen LogP contribution is -2.47. The summed E-state index contributed by atoms with van der Waals surface area (Å²) >= 11 is 0. The molecule has 0 bridgehead atoms. The molecule has 2 N–H and O–H groups in total. The predicted octanol–water partition coefficient (Wildman–Crippen LogP) is 2.19. The van der Waals surface area contributed by atoms with Crippen molar-refractivity contribution < 1.29 is 19.5 Å². The Balaban J connectivity index is 2.18. The molecule has 2 amide bonds. The van der Waals surface area contributed by atoms with Gasteiger partial charge in [0.2, 0.25) is 11.8 Å². The van der Waals surface area contributed by atoms with E-state index in [1.54, 1.807) is 18.7 Å². The minimum atomic E-state index is -1.06. The number of nitrogens with zero attached hydrogens (tertiary/aromatic N) is 1. The van der Waals surface area contributed by atoms with Crippen LogP contribution in [0.25, 0.3) is 0 Å². The molecule has 1 unspecified atom stereocenters. The van der Waals surface area contributed by atoms with Crippen LogP contribution in [0.2, 0.25) is 0 Å². The van der Waals surface area contributed by atoms with Gasteiger partial charge in [0.15, 0.2) is 0 Å². The van der Waals surface area contributed by atoms with Crippen LogP contribution in [-0.4, -0.2) is 35.5 Å². The molecule has 6 heteroatoms. The van der Waals surface area contributed by atoms with E-state index >= 15 is 0 Å². The largest absolute Gasteiger partial charge is 0.480 e. The van der Waals surface area contributed by atoms with E-state index in [2.05, 4.69) is 5.32 Å². The Morgan fingerprint density at radius 1 is 1.20 bits per heavy atom. The van der Waals surface area contributed by atoms with Gasteiger partial charge in [0.05, 0.1) is 5.92 Å². The van der Waals surface area contributed by atoms with E-state index in [-0.39, 0.29) is 30.7 Å². The molecule has 0 aromatic heterocycles. The van der Waals surface area contributed by atoms with Gasteiger partial charge in [0.25, 0.3) is 0 Å². The van der Waals surface area contributed by atoms with Gasteiger partial charge in [-0.15, -0.1) is 0 Å². The molecule has 0 spiro atoms. The van der Waals surface area contributed by atoms with Crippen molar-refractivity contribution in [3.05, 3.63) is 28.8 Å². The zero-order valence-corrected chi connectivity index (χ0v) is 15.4. The smallest absolute Gasteiger partial charge is 0.326 e. The monoisotopic (exact) mass is 346 g/mol. The number of anilines is 1. The Morgan fingerprint density at radius 2 is 1.76 bits per heavy atom. The molecule has 1 aromatic carbocycles. The maximum Gasteiger partial charge on any atom is 0.326 e. The van der Waals surface area contributed by atoms with Crippen molar-refractivity contribution in [3.63, 3.8) is 0 Å². The van der Waals surface area contributed by atoms with Crippen molar-refractivity contribution in [2.24, 2.45) is 11.8 Å². The van der Waals surface area contributed by atoms with Crippen molar-refractivity contribution in [2.75, 3.05) is 11.4 Å². The Labute approximate surface area is 148 Å². The summed E-state index contributed by atoms with van der Waals surface area (Å²) in [4.78, 5) is 37.8. The molecule has 0 aliphatic carbocycles. The standard InChI is InChI=1S/C19H26N2O4/c1-10(2)16(19(24)25)20-18(23)14-8-15(22)21(9-14)17-12(4)6-11(3)7-13(17)5/h6-7,10,14,16H,8-9H2,1-5H3,(H,20,23)(H,24,25)/t14?,16-/m0/s1. The number of hydrogen-bond donors (Lipinski definition) is 2. The molecule has 1 aromatic rings. The van der Waals surface area contributed by atoms with Gasteiger partial charge in [0, 0.05) is 18.7 Å². The molecule has 2 atom stereocenters. The molecule has 1 heterocycles. The lowest BCUT2D eigenvalue weighted by Gasteiger charge is -2.23. The highest BCUT2D eigenvalue weighted by Crippen LogP contribution is 2.32. The number of aryl methyl sites for hydroxylation is 3. The first-order valence-electron chi connectivity index (χ1n) is 8.53. The summed E-state index contributed by atoms with van der Waals surface area (Å²) in [6.07, 6.45) is 0.100. The molecule has 1 fully saturated rings. The number of aliphatic carboxylic acids is 1. The third-order valence-electron chi connectivity index (χ3n) is 4.63. The van der Waals surface area contributed by atoms with Crippen molar-refractivity contribution in [1.82, 2.24) is 5.32 Å². The van der Waals surface area contributed by atoms with Gasteiger partial charge in [-0.05, 0) is 37.8 Å². The SMILES string of the molecule is Cc1cc(C)c(N2CC(C(=O)N[C@H](C(=O)O)C(C)C)CC2=O)c(C)c1. The zero-order valence-electron chi connectivity index (χ0n) is 15.4. The van der Waals surface area contributed by atoms with E-state index in [1.807, 2.05) is 32.9 Å². The van der Waals surface area contributed by atoms with Crippen molar-refractivity contribution >= 4 is 23.5 Å². The van der Waals surface area contributed by atoms with Gasteiger partial charge >= 0.3 is 5.97 Å². The minimum Gasteiger partial charge on any atom is -0.480 e. The van der Waals surface area contributed by atoms with Crippen LogP contribution in [0.1, 0.15) is 37.0 Å². The average Bonchev–Trinajstić information content (AvgIpc) is 2.84. The van der Waals surface area contributed by atoms with Gasteiger partial charge in [-0.2, -0.15) is 0 Å². The van der Waals surface area contributed by atoms with E-state index in [0.717, 1.165) is 22.4 Å². The summed E-state index contributed by atoms with van der Waals surface area (Å²) in [5, 5.41) is 11.8. The number of carbonyl (C=O) groups excluding carboxylic acids is 2. The number of hydrogen-bond acceptors (Lipinski definition) is 3. The quantitative estimate of drug-likeness (QED) is 0.856. The molecule has 0 radical (unpaired) electrons. The molecule has 6 nitrogen and oxygen atoms in total. The van der Waals surface area contributed by atoms with Crippen LogP contribution in [0.4, 0.5) is 5.69 Å². The first-order chi connectivity index (χ1) is 11.6. The average molecular weight is 346 g/mol. The number of carboxylic acid groups (broad SMARTS) is 1. The van der Waals surface area contributed by atoms with Gasteiger partial charge < -0.3 is 15.3 Å². The lowest BCUT2D eigenvalue weighted by atomic mass is 10.0. The molecule has 136 valence electrons. The number of carboxylic acids is 1. The second-order valence-corrected chi connectivity index (χ2v) is 7.22. The highest BCUT2D eigenvalue weighted by atomic mass is 16.4. The summed E-state index contributed by atoms with van der Waals surface area (Å²) in [6.45, 7) is 9.67. The van der Waals surface area contributed by atoms with Crippen molar-refractivity contribution in [2.45, 2.75) is 47.1 Å². The molecule has 2 rings (SSSR count). The topological polar surface area (TPSA) is 86.7 Å². The highest BCUT2D eigenvalue weighted by Gasteiger charge is 2.38. The molecule has 1 saturated heterocycles. The Kier molecular flexibility index (Phi) is 5.50. The first kappa shape index (κ1) is 19.0. The van der Waals surface area contributed by atoms with E-state index in [1.165, 1.54) is 0 Å². The minimum absolute atomic E-state index is 0.100. The van der Waals surface area contributed by atoms with Crippen LogP contribution in [-0.2, 0) is 14.4 Å². The summed E-state index contributed by atoms with van der Waals surface area (Å²) in [5.41, 5.74) is 3.97. The normalized spacial score (nSPS) is 18.6. The number of rotatable bonds is 5. The zero-order chi connectivity index (χ0) is 18.9. The van der Waals surface area contributed by atoms with Crippen LogP contribution < -0.4 is 10.2 Å². The van der Waals surface area contributed by atoms with E-state index in [0.29, 0.717) is 0 Å². The molecular weight excluding hydrogens is 320 g/mol. The highest BCUT2D eigenvalue weighted by molar-refractivity contribution is 6.01. The van der Waals surface area contributed by atoms with Gasteiger partial charge in [0.1, 0.15) is 6.04 Å². The van der Waals surface area contributed by atoms with Crippen LogP contribution in [0.15, 0.2) is 12.1 Å². The molecule has 1 aliphatic rings. The first-order valence-corrected chi connectivity index (χ1v) is 8.53. The number of amides is 2. The van der Waals surface area contributed by atoms with Gasteiger partial charge in [-0.1, -0.05) is 31.5 Å². The number of nitrogens with one attached hydrogen (secondary N) is 1. The third-order valence-corrected chi connectivity index (χ3v) is 4.63. The van der Waals surface area contributed by atoms with Crippen LogP contribution in [0, 0.1) is 32.6 Å². The Hall–Kier alpha value is -2.37. The molecular formula is C19H26N2O4. The maximum absolute atomic E-state index is 12.5. The van der Waals surface area contributed by atoms with E-state index in [9.17, 15) is 19.5 Å². The lowest BCUT2D eigenvalue weighted by molar-refractivity contribution is -0.143. The van der Waals surface area contributed by atoms with Gasteiger partial charge in [-0.3, -0.25) is 9.59 Å². The fraction of sp³-hybridized carbons (Fsp3) is 0.526. The third kappa shape index (κ3) is 4.00. The van der Waals surface area contributed by atoms with Crippen LogP contribution >= 0.6 is 0 Å². The molecule has 0 saturated carbocycles. The summed E-state index contributed by atoms with van der Waals surface area (Å²) in [5.74, 6) is -2.30. The Bertz CT molecular complexity index is 688. The molecule has 1 aliphatic heterocycles. The fourth-order valence-electron chi connectivity index (χ4n) is 3.48. The van der Waals surface area contributed by atoms with Crippen molar-refractivity contribution in [1.29, 1.82) is 0 Å². The summed E-state index contributed by atoms with van der Waals surface area (Å²) < 4.78 is 0. The second-order valence-electron chi connectivity index (χ2n) is 7.22. The van der Waals surface area contributed by atoms with E-state index < -0.39 is 17.9 Å². The number of carbonyl (C=O) groups is 3. The fourth-order valence-corrected chi connectivity index (χ4v) is 3.48. The van der Waals surface area contributed by atoms with Crippen molar-refractivity contribution in [3.8, 4) is 0 Å². The van der Waals surface area contributed by atoms with Crippen LogP contribution in [0.3, 0.4) is 0 Å². The maximum atomic E-state index is 12.5. The molecule has 25 heavy (non-hydrogen) atoms. The second kappa shape index (κ2) is 7.25.